The second-order valence-corrected chi connectivity index (χ2v) is 5.05. The molecule has 0 radical (unpaired) electrons. The summed E-state index contributed by atoms with van der Waals surface area (Å²) in [6, 6.07) is 9.40. The lowest BCUT2D eigenvalue weighted by molar-refractivity contribution is 0.378. The summed E-state index contributed by atoms with van der Waals surface area (Å²) in [5, 5.41) is 8.83. The number of ether oxygens (including phenoxy) is 2. The highest BCUT2D eigenvalue weighted by Gasteiger charge is 2.11. The summed E-state index contributed by atoms with van der Waals surface area (Å²) in [4.78, 5) is 0. The molecule has 0 amide bonds. The van der Waals surface area contributed by atoms with Crippen molar-refractivity contribution >= 4 is 28.3 Å². The molecule has 0 aliphatic carbocycles. The Balaban J connectivity index is 2.40. The molecule has 2 N–H and O–H groups in total. The van der Waals surface area contributed by atoms with E-state index in [0.29, 0.717) is 26.3 Å². The van der Waals surface area contributed by atoms with Crippen LogP contribution in [0, 0.1) is 20.7 Å². The van der Waals surface area contributed by atoms with Gasteiger partial charge in [0.15, 0.2) is 17.2 Å². The van der Waals surface area contributed by atoms with Crippen molar-refractivity contribution < 1.29 is 13.9 Å². The maximum absolute atomic E-state index is 13.5. The molecular formula is C14H10FIN2O2. The Morgan fingerprint density at radius 3 is 2.60 bits per heavy atom. The van der Waals surface area contributed by atoms with Crippen molar-refractivity contribution in [2.75, 3.05) is 12.8 Å². The molecule has 2 aromatic carbocycles. The largest absolute Gasteiger partial charge is 0.493 e. The number of nitrogens with zero attached hydrogens (tertiary/aromatic N) is 1. The van der Waals surface area contributed by atoms with Gasteiger partial charge in [-0.2, -0.15) is 5.26 Å². The van der Waals surface area contributed by atoms with Crippen molar-refractivity contribution in [2.24, 2.45) is 0 Å². The number of anilines is 1. The maximum Gasteiger partial charge on any atom is 0.169 e. The predicted molar refractivity (Wildman–Crippen MR) is 81.3 cm³/mol. The summed E-state index contributed by atoms with van der Waals surface area (Å²) in [7, 11) is 1.46. The van der Waals surface area contributed by atoms with E-state index < -0.39 is 5.82 Å². The van der Waals surface area contributed by atoms with Crippen LogP contribution >= 0.6 is 22.6 Å². The van der Waals surface area contributed by atoms with E-state index in [1.807, 2.05) is 28.7 Å². The standard InChI is InChI=1S/C14H10FIN2O2/c1-19-14-4-8(7-17)2-3-12(14)20-13-5-9(15)10(16)6-11(13)18/h2-6H,18H2,1H3. The lowest BCUT2D eigenvalue weighted by Crippen LogP contribution is -1.97. The summed E-state index contributed by atoms with van der Waals surface area (Å²) in [5.74, 6) is 0.523. The monoisotopic (exact) mass is 384 g/mol. The zero-order valence-electron chi connectivity index (χ0n) is 10.5. The van der Waals surface area contributed by atoms with E-state index in [-0.39, 0.29) is 5.75 Å². The summed E-state index contributed by atoms with van der Waals surface area (Å²) in [6.07, 6.45) is 0. The van der Waals surface area contributed by atoms with Crippen LogP contribution in [0.5, 0.6) is 17.2 Å². The van der Waals surface area contributed by atoms with Crippen LogP contribution < -0.4 is 15.2 Å². The highest BCUT2D eigenvalue weighted by molar-refractivity contribution is 14.1. The van der Waals surface area contributed by atoms with Gasteiger partial charge in [-0.25, -0.2) is 4.39 Å². The zero-order chi connectivity index (χ0) is 14.7. The second kappa shape index (κ2) is 5.96. The first-order chi connectivity index (χ1) is 9.55. The van der Waals surface area contributed by atoms with Gasteiger partial charge >= 0.3 is 0 Å². The van der Waals surface area contributed by atoms with Gasteiger partial charge < -0.3 is 15.2 Å². The predicted octanol–water partition coefficient (Wildman–Crippen LogP) is 3.69. The summed E-state index contributed by atoms with van der Waals surface area (Å²) >= 11 is 1.85. The van der Waals surface area contributed by atoms with Crippen molar-refractivity contribution in [3.63, 3.8) is 0 Å². The molecule has 0 aliphatic rings. The normalized spacial score (nSPS) is 9.90. The van der Waals surface area contributed by atoms with Crippen LogP contribution in [0.25, 0.3) is 0 Å². The van der Waals surface area contributed by atoms with Crippen molar-refractivity contribution in [2.45, 2.75) is 0 Å². The highest BCUT2D eigenvalue weighted by atomic mass is 127. The van der Waals surface area contributed by atoms with Crippen molar-refractivity contribution in [1.82, 2.24) is 0 Å². The zero-order valence-corrected chi connectivity index (χ0v) is 12.6. The van der Waals surface area contributed by atoms with E-state index in [1.54, 1.807) is 12.1 Å². The molecule has 4 nitrogen and oxygen atoms in total. The number of halogens is 2. The van der Waals surface area contributed by atoms with Gasteiger partial charge in [0.05, 0.1) is 28.0 Å². The average molecular weight is 384 g/mol. The van der Waals surface area contributed by atoms with E-state index >= 15 is 0 Å². The van der Waals surface area contributed by atoms with Crippen LogP contribution in [0.1, 0.15) is 5.56 Å². The fourth-order valence-electron chi connectivity index (χ4n) is 1.57. The van der Waals surface area contributed by atoms with E-state index in [4.69, 9.17) is 20.5 Å². The fraction of sp³-hybridized carbons (Fsp3) is 0.0714. The minimum absolute atomic E-state index is 0.200. The molecule has 0 fully saturated rings. The van der Waals surface area contributed by atoms with Crippen molar-refractivity contribution in [3.05, 3.63) is 45.3 Å². The van der Waals surface area contributed by atoms with Crippen LogP contribution in [0.15, 0.2) is 30.3 Å². The van der Waals surface area contributed by atoms with E-state index in [2.05, 4.69) is 0 Å². The molecule has 0 bridgehead atoms. The summed E-state index contributed by atoms with van der Waals surface area (Å²) in [5.41, 5.74) is 6.56. The van der Waals surface area contributed by atoms with Gasteiger partial charge in [0.2, 0.25) is 0 Å². The number of nitrogen functional groups attached to an aromatic ring is 1. The number of hydrogen-bond acceptors (Lipinski definition) is 4. The van der Waals surface area contributed by atoms with Crippen LogP contribution in [0.2, 0.25) is 0 Å². The molecule has 0 saturated carbocycles. The molecule has 0 aliphatic heterocycles. The van der Waals surface area contributed by atoms with E-state index in [9.17, 15) is 4.39 Å². The number of nitriles is 1. The highest BCUT2D eigenvalue weighted by Crippen LogP contribution is 2.36. The van der Waals surface area contributed by atoms with Gasteiger partial charge in [-0.3, -0.25) is 0 Å². The SMILES string of the molecule is COc1cc(C#N)ccc1Oc1cc(F)c(I)cc1N. The minimum atomic E-state index is -0.414. The van der Waals surface area contributed by atoms with Gasteiger partial charge in [0.25, 0.3) is 0 Å². The van der Waals surface area contributed by atoms with Gasteiger partial charge in [0, 0.05) is 12.1 Å². The average Bonchev–Trinajstić information content (AvgIpc) is 2.45. The Hall–Kier alpha value is -2.01. The number of benzene rings is 2. The molecule has 0 aromatic heterocycles. The number of rotatable bonds is 3. The minimum Gasteiger partial charge on any atom is -0.493 e. The first-order valence-electron chi connectivity index (χ1n) is 5.55. The third-order valence-corrected chi connectivity index (χ3v) is 3.39. The molecule has 0 atom stereocenters. The Kier molecular flexibility index (Phi) is 4.29. The topological polar surface area (TPSA) is 68.3 Å². The molecule has 0 spiro atoms. The quantitative estimate of drug-likeness (QED) is 0.648. The Morgan fingerprint density at radius 1 is 1.20 bits per heavy atom. The summed E-state index contributed by atoms with van der Waals surface area (Å²) in [6.45, 7) is 0. The molecule has 0 heterocycles. The second-order valence-electron chi connectivity index (χ2n) is 3.88. The molecule has 0 unspecified atom stereocenters. The van der Waals surface area contributed by atoms with Gasteiger partial charge in [-0.05, 0) is 40.8 Å². The van der Waals surface area contributed by atoms with Crippen LogP contribution in [0.3, 0.4) is 0 Å². The molecule has 0 saturated heterocycles. The number of hydrogen-bond donors (Lipinski definition) is 1. The molecule has 20 heavy (non-hydrogen) atoms. The van der Waals surface area contributed by atoms with Crippen LogP contribution in [-0.2, 0) is 0 Å². The molecule has 102 valence electrons. The number of nitrogens with two attached hydrogens (primary N) is 1. The van der Waals surface area contributed by atoms with E-state index in [1.165, 1.54) is 25.3 Å². The fourth-order valence-corrected chi connectivity index (χ4v) is 2.06. The lowest BCUT2D eigenvalue weighted by atomic mass is 10.2. The first-order valence-corrected chi connectivity index (χ1v) is 6.63. The summed E-state index contributed by atoms with van der Waals surface area (Å²) < 4.78 is 24.7. The Morgan fingerprint density at radius 2 is 1.95 bits per heavy atom. The van der Waals surface area contributed by atoms with Gasteiger partial charge in [-0.15, -0.1) is 0 Å². The van der Waals surface area contributed by atoms with Crippen molar-refractivity contribution in [3.8, 4) is 23.3 Å². The molecule has 6 heteroatoms. The number of methoxy groups -OCH3 is 1. The third-order valence-electron chi connectivity index (χ3n) is 2.57. The van der Waals surface area contributed by atoms with E-state index in [0.717, 1.165) is 0 Å². The maximum atomic E-state index is 13.5. The lowest BCUT2D eigenvalue weighted by Gasteiger charge is -2.12. The first kappa shape index (κ1) is 14.4. The molecule has 2 aromatic rings. The van der Waals surface area contributed by atoms with Crippen LogP contribution in [0.4, 0.5) is 10.1 Å². The smallest absolute Gasteiger partial charge is 0.169 e. The Bertz CT molecular complexity index is 698. The van der Waals surface area contributed by atoms with Gasteiger partial charge in [-0.1, -0.05) is 0 Å². The van der Waals surface area contributed by atoms with Crippen molar-refractivity contribution in [1.29, 1.82) is 5.26 Å². The Labute approximate surface area is 129 Å². The van der Waals surface area contributed by atoms with Gasteiger partial charge in [0.1, 0.15) is 5.82 Å². The molecule has 2 rings (SSSR count). The molecular weight excluding hydrogens is 374 g/mol. The van der Waals surface area contributed by atoms with Crippen LogP contribution in [-0.4, -0.2) is 7.11 Å². The third kappa shape index (κ3) is 2.93.